The monoisotopic (exact) mass is 292 g/mol. The van der Waals surface area contributed by atoms with Crippen LogP contribution in [0, 0.1) is 6.92 Å². The Balaban J connectivity index is -0.000000270. The van der Waals surface area contributed by atoms with Crippen molar-refractivity contribution < 1.29 is 44.3 Å². The van der Waals surface area contributed by atoms with Crippen LogP contribution in [0.3, 0.4) is 0 Å². The maximum atomic E-state index is 2.18. The summed E-state index contributed by atoms with van der Waals surface area (Å²) in [6.07, 6.45) is 1.14. The summed E-state index contributed by atoms with van der Waals surface area (Å²) in [7, 11) is 0. The van der Waals surface area contributed by atoms with E-state index in [9.17, 15) is 0 Å². The van der Waals surface area contributed by atoms with Gasteiger partial charge in [-0.3, -0.25) is 0 Å². The third-order valence-electron chi connectivity index (χ3n) is 1.53. The maximum Gasteiger partial charge on any atom is 2.00 e. The molecule has 0 aliphatic heterocycles. The summed E-state index contributed by atoms with van der Waals surface area (Å²) >= 11 is 0. The average molecular weight is 292 g/mol. The summed E-state index contributed by atoms with van der Waals surface area (Å²) in [4.78, 5) is 0. The van der Waals surface area contributed by atoms with E-state index in [-0.39, 0.29) is 44.3 Å². The van der Waals surface area contributed by atoms with Crippen LogP contribution in [0.4, 0.5) is 0 Å². The number of halogens is 2. The van der Waals surface area contributed by atoms with E-state index in [0.29, 0.717) is 0 Å². The molecule has 1 aromatic carbocycles. The molecule has 0 spiro atoms. The zero-order valence-electron chi connectivity index (χ0n) is 7.13. The van der Waals surface area contributed by atoms with Crippen LogP contribution in [0.5, 0.6) is 0 Å². The van der Waals surface area contributed by atoms with Crippen molar-refractivity contribution >= 4 is 0 Å². The second-order valence-corrected chi connectivity index (χ2v) is 2.34. The van der Waals surface area contributed by atoms with E-state index < -0.39 is 0 Å². The summed E-state index contributed by atoms with van der Waals surface area (Å²) in [5.41, 5.74) is 2.76. The molecule has 0 bridgehead atoms. The third kappa shape index (κ3) is 6.00. The van der Waals surface area contributed by atoms with E-state index in [2.05, 4.69) is 38.1 Å². The molecule has 0 fully saturated rings. The third-order valence-corrected chi connectivity index (χ3v) is 1.53. The molecule has 0 aliphatic carbocycles. The molecule has 0 unspecified atom stereocenters. The van der Waals surface area contributed by atoms with Gasteiger partial charge in [0.15, 0.2) is 0 Å². The van der Waals surface area contributed by atoms with Gasteiger partial charge >= 0.3 is 19.5 Å². The van der Waals surface area contributed by atoms with Gasteiger partial charge in [0.2, 0.25) is 0 Å². The molecule has 1 rings (SSSR count). The molecule has 0 saturated heterocycles. The van der Waals surface area contributed by atoms with Gasteiger partial charge in [-0.2, -0.15) is 0 Å². The first-order valence-corrected chi connectivity index (χ1v) is 3.38. The van der Waals surface area contributed by atoms with Crippen molar-refractivity contribution in [3.63, 3.8) is 0 Å². The molecule has 70 valence electrons. The van der Waals surface area contributed by atoms with Gasteiger partial charge in [-0.05, 0) is 18.9 Å². The number of hydrogen-bond acceptors (Lipinski definition) is 0. The fraction of sp³-hybridized carbons (Fsp3) is 0.333. The van der Waals surface area contributed by atoms with E-state index >= 15 is 0 Å². The van der Waals surface area contributed by atoms with Crippen molar-refractivity contribution in [3.8, 4) is 0 Å². The van der Waals surface area contributed by atoms with E-state index in [1.807, 2.05) is 0 Å². The van der Waals surface area contributed by atoms with Crippen molar-refractivity contribution in [2.45, 2.75) is 20.3 Å². The van der Waals surface area contributed by atoms with Gasteiger partial charge in [0.25, 0.3) is 0 Å². The summed E-state index contributed by atoms with van der Waals surface area (Å²) in [5.74, 6) is 0. The SMILES string of the molecule is CCc1ccc(C)cc1.[Cl-].[Cl-].[Ru+2]. The molecule has 3 heteroatoms. The van der Waals surface area contributed by atoms with Gasteiger partial charge in [0.05, 0.1) is 0 Å². The molecule has 0 radical (unpaired) electrons. The first-order valence-electron chi connectivity index (χ1n) is 3.38. The van der Waals surface area contributed by atoms with Crippen LogP contribution in [-0.4, -0.2) is 0 Å². The largest absolute Gasteiger partial charge is 2.00 e. The molecule has 0 aromatic heterocycles. The molecule has 0 saturated carbocycles. The minimum absolute atomic E-state index is 0. The van der Waals surface area contributed by atoms with E-state index in [4.69, 9.17) is 0 Å². The summed E-state index contributed by atoms with van der Waals surface area (Å²) in [6.45, 7) is 4.28. The number of benzene rings is 1. The quantitative estimate of drug-likeness (QED) is 0.473. The topological polar surface area (TPSA) is 0 Å². The average Bonchev–Trinajstić information content (AvgIpc) is 1.90. The summed E-state index contributed by atoms with van der Waals surface area (Å²) < 4.78 is 0. The zero-order valence-corrected chi connectivity index (χ0v) is 10.4. The van der Waals surface area contributed by atoms with E-state index in [1.165, 1.54) is 11.1 Å². The predicted molar refractivity (Wildman–Crippen MR) is 40.6 cm³/mol. The second-order valence-electron chi connectivity index (χ2n) is 2.34. The normalized spacial score (nSPS) is 7.17. The Hall–Kier alpha value is 0.423. The Bertz CT molecular complexity index is 184. The van der Waals surface area contributed by atoms with Crippen LogP contribution in [0.15, 0.2) is 24.3 Å². The molecule has 0 heterocycles. The summed E-state index contributed by atoms with van der Waals surface area (Å²) in [5, 5.41) is 0. The fourth-order valence-electron chi connectivity index (χ4n) is 0.824. The molecular formula is C9H12Cl2Ru. The van der Waals surface area contributed by atoms with E-state index in [0.717, 1.165) is 6.42 Å². The van der Waals surface area contributed by atoms with Crippen molar-refractivity contribution in [1.82, 2.24) is 0 Å². The Morgan fingerprint density at radius 3 is 1.75 bits per heavy atom. The predicted octanol–water partition coefficient (Wildman–Crippen LogP) is -3.44. The molecule has 0 nitrogen and oxygen atoms in total. The second kappa shape index (κ2) is 9.51. The van der Waals surface area contributed by atoms with Crippen LogP contribution in [-0.2, 0) is 25.9 Å². The van der Waals surface area contributed by atoms with Gasteiger partial charge in [-0.1, -0.05) is 36.8 Å². The van der Waals surface area contributed by atoms with Gasteiger partial charge in [0.1, 0.15) is 0 Å². The first kappa shape index (κ1) is 18.3. The smallest absolute Gasteiger partial charge is 1.00 e. The minimum atomic E-state index is 0. The Morgan fingerprint density at radius 1 is 1.00 bits per heavy atom. The molecular weight excluding hydrogens is 280 g/mol. The number of aryl methyl sites for hydroxylation is 2. The van der Waals surface area contributed by atoms with Crippen LogP contribution in [0.1, 0.15) is 18.1 Å². The van der Waals surface area contributed by atoms with Crippen molar-refractivity contribution in [2.24, 2.45) is 0 Å². The molecule has 0 atom stereocenters. The van der Waals surface area contributed by atoms with Crippen LogP contribution in [0.25, 0.3) is 0 Å². The zero-order chi connectivity index (χ0) is 6.69. The van der Waals surface area contributed by atoms with Gasteiger partial charge in [-0.15, -0.1) is 0 Å². The molecule has 12 heavy (non-hydrogen) atoms. The number of hydrogen-bond donors (Lipinski definition) is 0. The Kier molecular flexibility index (Phi) is 14.5. The fourth-order valence-corrected chi connectivity index (χ4v) is 0.824. The maximum absolute atomic E-state index is 2.18. The first-order chi connectivity index (χ1) is 4.33. The van der Waals surface area contributed by atoms with Crippen molar-refractivity contribution in [2.75, 3.05) is 0 Å². The van der Waals surface area contributed by atoms with Crippen LogP contribution >= 0.6 is 0 Å². The van der Waals surface area contributed by atoms with Gasteiger partial charge < -0.3 is 24.8 Å². The summed E-state index contributed by atoms with van der Waals surface area (Å²) in [6, 6.07) is 8.66. The van der Waals surface area contributed by atoms with E-state index in [1.54, 1.807) is 0 Å². The van der Waals surface area contributed by atoms with Crippen LogP contribution < -0.4 is 24.8 Å². The van der Waals surface area contributed by atoms with Gasteiger partial charge in [-0.25, -0.2) is 0 Å². The van der Waals surface area contributed by atoms with Crippen molar-refractivity contribution in [3.05, 3.63) is 35.4 Å². The standard InChI is InChI=1S/C9H12.2ClH.Ru/c1-3-9-6-4-8(2)5-7-9;;;/h4-7H,3H2,1-2H3;2*1H;/q;;;+2/p-2. The van der Waals surface area contributed by atoms with Crippen molar-refractivity contribution in [1.29, 1.82) is 0 Å². The number of rotatable bonds is 1. The minimum Gasteiger partial charge on any atom is -1.00 e. The van der Waals surface area contributed by atoms with Crippen LogP contribution in [0.2, 0.25) is 0 Å². The Morgan fingerprint density at radius 2 is 1.42 bits per heavy atom. The Labute approximate surface area is 99.7 Å². The molecule has 0 amide bonds. The molecule has 0 N–H and O–H groups in total. The van der Waals surface area contributed by atoms with Gasteiger partial charge in [0, 0.05) is 0 Å². The molecule has 1 aromatic rings. The molecule has 0 aliphatic rings.